The van der Waals surface area contributed by atoms with Crippen molar-refractivity contribution in [2.24, 2.45) is 0 Å². The van der Waals surface area contributed by atoms with Gasteiger partial charge in [0.2, 0.25) is 5.91 Å². The second kappa shape index (κ2) is 7.64. The molecule has 0 atom stereocenters. The zero-order valence-corrected chi connectivity index (χ0v) is 12.9. The average molecular weight is 313 g/mol. The Labute approximate surface area is 129 Å². The molecule has 1 aromatic rings. The van der Waals surface area contributed by atoms with Crippen molar-refractivity contribution in [3.05, 3.63) is 28.8 Å². The lowest BCUT2D eigenvalue weighted by atomic mass is 10.0. The highest BCUT2D eigenvalue weighted by molar-refractivity contribution is 6.30. The molecule has 0 bridgehead atoms. The van der Waals surface area contributed by atoms with Crippen LogP contribution in [0.2, 0.25) is 5.02 Å². The monoisotopic (exact) mass is 312 g/mol. The Hall–Kier alpha value is -1.30. The summed E-state index contributed by atoms with van der Waals surface area (Å²) < 4.78 is 4.87. The van der Waals surface area contributed by atoms with Crippen LogP contribution in [-0.4, -0.2) is 48.8 Å². The number of likely N-dealkylation sites (tertiary alicyclic amines) is 1. The van der Waals surface area contributed by atoms with Crippen LogP contribution in [0.15, 0.2) is 18.2 Å². The Morgan fingerprint density at radius 1 is 1.48 bits per heavy atom. The quantitative estimate of drug-likeness (QED) is 0.870. The minimum Gasteiger partial charge on any atom is -0.508 e. The third-order valence-corrected chi connectivity index (χ3v) is 3.97. The summed E-state index contributed by atoms with van der Waals surface area (Å²) in [6.45, 7) is 2.19. The number of phenolic OH excluding ortho intramolecular Hbond substituents is 1. The highest BCUT2D eigenvalue weighted by Gasteiger charge is 2.22. The van der Waals surface area contributed by atoms with Crippen LogP contribution in [0.3, 0.4) is 0 Å². The molecule has 1 amide bonds. The van der Waals surface area contributed by atoms with E-state index in [9.17, 15) is 9.90 Å². The summed E-state index contributed by atoms with van der Waals surface area (Å²) in [5.74, 6) is 0.294. The number of nitrogens with one attached hydrogen (secondary N) is 1. The molecule has 6 heteroatoms. The topological polar surface area (TPSA) is 61.8 Å². The van der Waals surface area contributed by atoms with Crippen molar-refractivity contribution in [1.29, 1.82) is 0 Å². The Morgan fingerprint density at radius 3 is 2.86 bits per heavy atom. The van der Waals surface area contributed by atoms with Gasteiger partial charge in [0.1, 0.15) is 12.4 Å². The summed E-state index contributed by atoms with van der Waals surface area (Å²) in [5, 5.41) is 13.8. The first-order valence-electron chi connectivity index (χ1n) is 7.07. The van der Waals surface area contributed by atoms with Crippen molar-refractivity contribution in [3.8, 4) is 5.75 Å². The Kier molecular flexibility index (Phi) is 5.85. The summed E-state index contributed by atoms with van der Waals surface area (Å²) in [6, 6.07) is 5.38. The van der Waals surface area contributed by atoms with Gasteiger partial charge in [-0.2, -0.15) is 0 Å². The molecule has 0 spiro atoms. The van der Waals surface area contributed by atoms with E-state index in [1.807, 2.05) is 4.90 Å². The molecule has 1 saturated heterocycles. The van der Waals surface area contributed by atoms with Gasteiger partial charge in [0, 0.05) is 43.4 Å². The molecule has 1 heterocycles. The smallest absolute Gasteiger partial charge is 0.248 e. The number of hydrogen-bond acceptors (Lipinski definition) is 4. The van der Waals surface area contributed by atoms with E-state index < -0.39 is 0 Å². The van der Waals surface area contributed by atoms with E-state index >= 15 is 0 Å². The SMILES string of the molecule is COCC(=O)N1CCC(NCc2cc(Cl)ccc2O)CC1. The van der Waals surface area contributed by atoms with Gasteiger partial charge in [-0.3, -0.25) is 4.79 Å². The predicted molar refractivity (Wildman–Crippen MR) is 81.4 cm³/mol. The first-order valence-corrected chi connectivity index (χ1v) is 7.45. The molecule has 2 rings (SSSR count). The van der Waals surface area contributed by atoms with Crippen LogP contribution in [0.4, 0.5) is 0 Å². The molecule has 2 N–H and O–H groups in total. The van der Waals surface area contributed by atoms with Gasteiger partial charge in [-0.05, 0) is 31.0 Å². The molecule has 0 unspecified atom stereocenters. The number of ether oxygens (including phenoxy) is 1. The molecule has 5 nitrogen and oxygen atoms in total. The predicted octanol–water partition coefficient (Wildman–Crippen LogP) is 1.77. The number of carbonyl (C=O) groups is 1. The molecule has 1 aliphatic rings. The molecular weight excluding hydrogens is 292 g/mol. The number of nitrogens with zero attached hydrogens (tertiary/aromatic N) is 1. The second-order valence-electron chi connectivity index (χ2n) is 5.24. The van der Waals surface area contributed by atoms with E-state index in [1.165, 1.54) is 7.11 Å². The Bertz CT molecular complexity index is 488. The third kappa shape index (κ3) is 4.59. The molecule has 21 heavy (non-hydrogen) atoms. The molecule has 0 saturated carbocycles. The Morgan fingerprint density at radius 2 is 2.19 bits per heavy atom. The Balaban J connectivity index is 1.79. The van der Waals surface area contributed by atoms with Crippen LogP contribution in [-0.2, 0) is 16.1 Å². The van der Waals surface area contributed by atoms with Crippen molar-refractivity contribution in [3.63, 3.8) is 0 Å². The van der Waals surface area contributed by atoms with Crippen molar-refractivity contribution in [2.45, 2.75) is 25.4 Å². The van der Waals surface area contributed by atoms with Gasteiger partial charge in [-0.25, -0.2) is 0 Å². The van der Waals surface area contributed by atoms with Crippen LogP contribution in [0, 0.1) is 0 Å². The van der Waals surface area contributed by atoms with Crippen LogP contribution < -0.4 is 5.32 Å². The number of benzene rings is 1. The molecule has 1 aromatic carbocycles. The normalized spacial score (nSPS) is 16.2. The van der Waals surface area contributed by atoms with Gasteiger partial charge in [0.25, 0.3) is 0 Å². The van der Waals surface area contributed by atoms with Gasteiger partial charge < -0.3 is 20.1 Å². The summed E-state index contributed by atoms with van der Waals surface area (Å²) >= 11 is 5.93. The number of rotatable bonds is 5. The maximum atomic E-state index is 11.7. The summed E-state index contributed by atoms with van der Waals surface area (Å²) in [4.78, 5) is 13.5. The molecule has 0 aromatic heterocycles. The molecule has 116 valence electrons. The largest absolute Gasteiger partial charge is 0.508 e. The van der Waals surface area contributed by atoms with Gasteiger partial charge in [-0.1, -0.05) is 11.6 Å². The highest BCUT2D eigenvalue weighted by Crippen LogP contribution is 2.22. The highest BCUT2D eigenvalue weighted by atomic mass is 35.5. The fourth-order valence-electron chi connectivity index (χ4n) is 2.50. The maximum absolute atomic E-state index is 11.7. The number of halogens is 1. The lowest BCUT2D eigenvalue weighted by Gasteiger charge is -2.32. The van der Waals surface area contributed by atoms with Gasteiger partial charge in [0.15, 0.2) is 0 Å². The number of amides is 1. The summed E-state index contributed by atoms with van der Waals surface area (Å²) in [6.07, 6.45) is 1.80. The zero-order valence-electron chi connectivity index (χ0n) is 12.1. The van der Waals surface area contributed by atoms with Gasteiger partial charge >= 0.3 is 0 Å². The van der Waals surface area contributed by atoms with E-state index in [4.69, 9.17) is 16.3 Å². The van der Waals surface area contributed by atoms with E-state index in [0.29, 0.717) is 17.6 Å². The molecular formula is C15H21ClN2O3. The minimum atomic E-state index is 0.0448. The maximum Gasteiger partial charge on any atom is 0.248 e. The van der Waals surface area contributed by atoms with Gasteiger partial charge in [0.05, 0.1) is 0 Å². The van der Waals surface area contributed by atoms with E-state index in [-0.39, 0.29) is 18.3 Å². The lowest BCUT2D eigenvalue weighted by Crippen LogP contribution is -2.45. The number of piperidine rings is 1. The zero-order chi connectivity index (χ0) is 15.2. The second-order valence-corrected chi connectivity index (χ2v) is 5.68. The number of phenols is 1. The van der Waals surface area contributed by atoms with Gasteiger partial charge in [-0.15, -0.1) is 0 Å². The fraction of sp³-hybridized carbons (Fsp3) is 0.533. The van der Waals surface area contributed by atoms with E-state index in [2.05, 4.69) is 5.32 Å². The molecule has 1 fully saturated rings. The van der Waals surface area contributed by atoms with Crippen molar-refractivity contribution in [2.75, 3.05) is 26.8 Å². The first-order chi connectivity index (χ1) is 10.1. The van der Waals surface area contributed by atoms with Crippen LogP contribution >= 0.6 is 11.6 Å². The molecule has 0 radical (unpaired) electrons. The number of aromatic hydroxyl groups is 1. The first kappa shape index (κ1) is 16.1. The fourth-order valence-corrected chi connectivity index (χ4v) is 2.69. The van der Waals surface area contributed by atoms with Crippen LogP contribution in [0.25, 0.3) is 0 Å². The third-order valence-electron chi connectivity index (χ3n) is 3.74. The number of methoxy groups -OCH3 is 1. The molecule has 1 aliphatic heterocycles. The van der Waals surface area contributed by atoms with E-state index in [0.717, 1.165) is 31.5 Å². The van der Waals surface area contributed by atoms with Crippen LogP contribution in [0.1, 0.15) is 18.4 Å². The minimum absolute atomic E-state index is 0.0448. The van der Waals surface area contributed by atoms with Crippen molar-refractivity contribution < 1.29 is 14.6 Å². The van der Waals surface area contributed by atoms with Crippen molar-refractivity contribution >= 4 is 17.5 Å². The average Bonchev–Trinajstić information content (AvgIpc) is 2.49. The number of carbonyl (C=O) groups excluding carboxylic acids is 1. The summed E-state index contributed by atoms with van der Waals surface area (Å²) in [5.41, 5.74) is 0.792. The standard InChI is InChI=1S/C15H21ClN2O3/c1-21-10-15(20)18-6-4-13(5-7-18)17-9-11-8-12(16)2-3-14(11)19/h2-3,8,13,17,19H,4-7,9-10H2,1H3. The van der Waals surface area contributed by atoms with Crippen molar-refractivity contribution in [1.82, 2.24) is 10.2 Å². The van der Waals surface area contributed by atoms with E-state index in [1.54, 1.807) is 18.2 Å². The summed E-state index contributed by atoms with van der Waals surface area (Å²) in [7, 11) is 1.53. The van der Waals surface area contributed by atoms with Crippen LogP contribution in [0.5, 0.6) is 5.75 Å². The number of hydrogen-bond donors (Lipinski definition) is 2. The molecule has 0 aliphatic carbocycles. The lowest BCUT2D eigenvalue weighted by molar-refractivity contribution is -0.136.